The number of carbonyl (C=O) groups excluding carboxylic acids is 1. The van der Waals surface area contributed by atoms with E-state index in [0.717, 1.165) is 3.79 Å². The zero-order valence-electron chi connectivity index (χ0n) is 8.95. The third-order valence-corrected chi connectivity index (χ3v) is 4.08. The molecule has 2 rings (SSSR count). The molecule has 1 aromatic carbocycles. The van der Waals surface area contributed by atoms with Crippen molar-refractivity contribution in [2.45, 2.75) is 0 Å². The molecule has 0 unspecified atom stereocenters. The highest BCUT2D eigenvalue weighted by Crippen LogP contribution is 2.28. The van der Waals surface area contributed by atoms with Crippen LogP contribution in [0.2, 0.25) is 5.02 Å². The fourth-order valence-electron chi connectivity index (χ4n) is 1.29. The zero-order chi connectivity index (χ0) is 13.1. The Morgan fingerprint density at radius 2 is 2.17 bits per heavy atom. The van der Waals surface area contributed by atoms with E-state index < -0.39 is 5.82 Å². The number of carbonyl (C=O) groups is 1. The number of ether oxygens (including phenoxy) is 1. The summed E-state index contributed by atoms with van der Waals surface area (Å²) in [6.07, 6.45) is 0. The molecule has 0 amide bonds. The molecule has 0 atom stereocenters. The predicted molar refractivity (Wildman–Crippen MR) is 73.3 cm³/mol. The van der Waals surface area contributed by atoms with Crippen LogP contribution in [-0.2, 0) is 0 Å². The lowest BCUT2D eigenvalue weighted by Crippen LogP contribution is -2.11. The third-order valence-electron chi connectivity index (χ3n) is 2.11. The number of hydrogen-bond donors (Lipinski definition) is 0. The Kier molecular flexibility index (Phi) is 4.37. The van der Waals surface area contributed by atoms with Crippen LogP contribution in [0.5, 0.6) is 5.75 Å². The second kappa shape index (κ2) is 5.82. The second-order valence-electron chi connectivity index (χ2n) is 3.37. The Balaban J connectivity index is 2.06. The smallest absolute Gasteiger partial charge is 0.210 e. The fraction of sp³-hybridized carbons (Fsp3) is 0.0833. The standard InChI is InChI=1S/C12H7BrClFO2S/c13-11-5-4-10(18-11)9(16)6-17-12-7(14)2-1-3-8(12)15/h1-5H,6H2. The molecule has 2 nitrogen and oxygen atoms in total. The maximum Gasteiger partial charge on any atom is 0.210 e. The number of thiophene rings is 1. The van der Waals surface area contributed by atoms with Crippen LogP contribution in [0.3, 0.4) is 0 Å². The molecule has 6 heteroatoms. The van der Waals surface area contributed by atoms with E-state index in [1.807, 2.05) is 0 Å². The monoisotopic (exact) mass is 348 g/mol. The van der Waals surface area contributed by atoms with E-state index in [1.165, 1.54) is 29.5 Å². The van der Waals surface area contributed by atoms with Crippen LogP contribution in [0.1, 0.15) is 9.67 Å². The van der Waals surface area contributed by atoms with Gasteiger partial charge in [0.2, 0.25) is 5.78 Å². The summed E-state index contributed by atoms with van der Waals surface area (Å²) >= 11 is 10.3. The molecule has 1 heterocycles. The van der Waals surface area contributed by atoms with Gasteiger partial charge < -0.3 is 4.74 Å². The first kappa shape index (κ1) is 13.5. The molecule has 0 saturated carbocycles. The number of benzene rings is 1. The van der Waals surface area contributed by atoms with Gasteiger partial charge in [0.15, 0.2) is 18.2 Å². The van der Waals surface area contributed by atoms with Gasteiger partial charge in [-0.05, 0) is 40.2 Å². The average Bonchev–Trinajstić information content (AvgIpc) is 2.75. The van der Waals surface area contributed by atoms with E-state index in [1.54, 1.807) is 12.1 Å². The van der Waals surface area contributed by atoms with Crippen molar-refractivity contribution in [1.82, 2.24) is 0 Å². The van der Waals surface area contributed by atoms with Gasteiger partial charge in [0.05, 0.1) is 13.7 Å². The second-order valence-corrected chi connectivity index (χ2v) is 6.24. The highest BCUT2D eigenvalue weighted by Gasteiger charge is 2.13. The molecule has 94 valence electrons. The summed E-state index contributed by atoms with van der Waals surface area (Å²) in [5.41, 5.74) is 0. The molecule has 0 radical (unpaired) electrons. The lowest BCUT2D eigenvalue weighted by Gasteiger charge is -2.07. The summed E-state index contributed by atoms with van der Waals surface area (Å²) in [7, 11) is 0. The number of hydrogen-bond acceptors (Lipinski definition) is 3. The summed E-state index contributed by atoms with van der Waals surface area (Å²) < 4.78 is 19.4. The quantitative estimate of drug-likeness (QED) is 0.756. The topological polar surface area (TPSA) is 26.3 Å². The van der Waals surface area contributed by atoms with Gasteiger partial charge in [0.25, 0.3) is 0 Å². The summed E-state index contributed by atoms with van der Waals surface area (Å²) in [6, 6.07) is 7.67. The lowest BCUT2D eigenvalue weighted by atomic mass is 10.3. The van der Waals surface area contributed by atoms with E-state index >= 15 is 0 Å². The van der Waals surface area contributed by atoms with E-state index in [2.05, 4.69) is 15.9 Å². The van der Waals surface area contributed by atoms with Gasteiger partial charge in [-0.2, -0.15) is 0 Å². The van der Waals surface area contributed by atoms with Crippen molar-refractivity contribution in [1.29, 1.82) is 0 Å². The van der Waals surface area contributed by atoms with Gasteiger partial charge in [-0.1, -0.05) is 17.7 Å². The Morgan fingerprint density at radius 1 is 1.39 bits per heavy atom. The maximum absolute atomic E-state index is 13.4. The molecule has 0 bridgehead atoms. The molecule has 0 saturated heterocycles. The molecule has 0 spiro atoms. The van der Waals surface area contributed by atoms with Gasteiger partial charge >= 0.3 is 0 Å². The first-order valence-electron chi connectivity index (χ1n) is 4.93. The predicted octanol–water partition coefficient (Wildman–Crippen LogP) is 4.56. The molecule has 0 N–H and O–H groups in total. The third kappa shape index (κ3) is 3.10. The molecule has 0 fully saturated rings. The number of Topliss-reactive ketones (excluding diaryl/α,β-unsaturated/α-hetero) is 1. The Bertz CT molecular complexity index is 565. The number of halogens is 3. The van der Waals surface area contributed by atoms with Crippen molar-refractivity contribution < 1.29 is 13.9 Å². The van der Waals surface area contributed by atoms with Crippen molar-refractivity contribution >= 4 is 44.7 Å². The van der Waals surface area contributed by atoms with Gasteiger partial charge in [-0.15, -0.1) is 11.3 Å². The van der Waals surface area contributed by atoms with Crippen LogP contribution in [0, 0.1) is 5.82 Å². The van der Waals surface area contributed by atoms with E-state index in [0.29, 0.717) is 4.88 Å². The summed E-state index contributed by atoms with van der Waals surface area (Å²) in [6.45, 7) is -0.242. The Hall–Kier alpha value is -0.910. The molecule has 0 aliphatic rings. The van der Waals surface area contributed by atoms with E-state index in [4.69, 9.17) is 16.3 Å². The van der Waals surface area contributed by atoms with Crippen molar-refractivity contribution in [3.63, 3.8) is 0 Å². The van der Waals surface area contributed by atoms with Crippen LogP contribution in [0.25, 0.3) is 0 Å². The molecule has 2 aromatic rings. The Morgan fingerprint density at radius 3 is 2.78 bits per heavy atom. The van der Waals surface area contributed by atoms with Crippen molar-refractivity contribution in [2.75, 3.05) is 6.61 Å². The maximum atomic E-state index is 13.4. The summed E-state index contributed by atoms with van der Waals surface area (Å²) in [4.78, 5) is 12.3. The van der Waals surface area contributed by atoms with Crippen molar-refractivity contribution in [2.24, 2.45) is 0 Å². The van der Waals surface area contributed by atoms with E-state index in [-0.39, 0.29) is 23.2 Å². The molecule has 0 aliphatic heterocycles. The summed E-state index contributed by atoms with van der Waals surface area (Å²) in [5, 5.41) is 0.148. The fourth-order valence-corrected chi connectivity index (χ4v) is 2.82. The zero-order valence-corrected chi connectivity index (χ0v) is 12.1. The van der Waals surface area contributed by atoms with Gasteiger partial charge in [0, 0.05) is 0 Å². The van der Waals surface area contributed by atoms with Gasteiger partial charge in [0.1, 0.15) is 0 Å². The Labute approximate surface area is 120 Å². The van der Waals surface area contributed by atoms with Gasteiger partial charge in [-0.25, -0.2) is 4.39 Å². The molecule has 18 heavy (non-hydrogen) atoms. The van der Waals surface area contributed by atoms with Crippen LogP contribution >= 0.6 is 38.9 Å². The highest BCUT2D eigenvalue weighted by molar-refractivity contribution is 9.11. The highest BCUT2D eigenvalue weighted by atomic mass is 79.9. The van der Waals surface area contributed by atoms with E-state index in [9.17, 15) is 9.18 Å². The lowest BCUT2D eigenvalue weighted by molar-refractivity contribution is 0.0923. The number of ketones is 1. The largest absolute Gasteiger partial charge is 0.481 e. The minimum atomic E-state index is -0.581. The minimum absolute atomic E-state index is 0.0943. The first-order chi connectivity index (χ1) is 8.58. The SMILES string of the molecule is O=C(COc1c(F)cccc1Cl)c1ccc(Br)s1. The molecule has 0 aliphatic carbocycles. The molecular weight excluding hydrogens is 343 g/mol. The first-order valence-corrected chi connectivity index (χ1v) is 6.92. The minimum Gasteiger partial charge on any atom is -0.481 e. The normalized spacial score (nSPS) is 10.4. The average molecular weight is 350 g/mol. The molecular formula is C12H7BrClFO2S. The van der Waals surface area contributed by atoms with Gasteiger partial charge in [-0.3, -0.25) is 4.79 Å². The van der Waals surface area contributed by atoms with Crippen molar-refractivity contribution in [3.8, 4) is 5.75 Å². The van der Waals surface area contributed by atoms with Crippen LogP contribution in [0.4, 0.5) is 4.39 Å². The van der Waals surface area contributed by atoms with Crippen molar-refractivity contribution in [3.05, 3.63) is 49.8 Å². The number of rotatable bonds is 4. The van der Waals surface area contributed by atoms with Crippen LogP contribution < -0.4 is 4.74 Å². The number of para-hydroxylation sites is 1. The van der Waals surface area contributed by atoms with Crippen LogP contribution in [0.15, 0.2) is 34.1 Å². The van der Waals surface area contributed by atoms with Crippen LogP contribution in [-0.4, -0.2) is 12.4 Å². The summed E-state index contributed by atoms with van der Waals surface area (Å²) in [5.74, 6) is -0.893. The molecule has 1 aromatic heterocycles.